The van der Waals surface area contributed by atoms with Crippen molar-refractivity contribution in [1.82, 2.24) is 15.3 Å². The van der Waals surface area contributed by atoms with E-state index in [9.17, 15) is 22.2 Å². The van der Waals surface area contributed by atoms with Crippen molar-refractivity contribution in [3.05, 3.63) is 59.9 Å². The third-order valence-corrected chi connectivity index (χ3v) is 6.48. The van der Waals surface area contributed by atoms with E-state index in [0.717, 1.165) is 36.6 Å². The van der Waals surface area contributed by atoms with Gasteiger partial charge >= 0.3 is 6.18 Å². The zero-order valence-electron chi connectivity index (χ0n) is 16.9. The summed E-state index contributed by atoms with van der Waals surface area (Å²) < 4.78 is 54.9. The van der Waals surface area contributed by atoms with Gasteiger partial charge in [0.25, 0.3) is 0 Å². The fourth-order valence-electron chi connectivity index (χ4n) is 3.42. The average molecular weight is 463 g/mol. The Morgan fingerprint density at radius 2 is 1.91 bits per heavy atom. The molecule has 3 heterocycles. The van der Waals surface area contributed by atoms with Crippen LogP contribution in [0.5, 0.6) is 11.6 Å². The molecule has 32 heavy (non-hydrogen) atoms. The second-order valence-electron chi connectivity index (χ2n) is 7.51. The number of pyridine rings is 2. The van der Waals surface area contributed by atoms with Gasteiger partial charge in [-0.15, -0.1) is 0 Å². The molecular formula is C22H20F3N3O3S. The van der Waals surface area contributed by atoms with Crippen LogP contribution in [0.3, 0.4) is 0 Å². The highest BCUT2D eigenvalue weighted by molar-refractivity contribution is 7.85. The number of alkyl halides is 3. The monoisotopic (exact) mass is 463 g/mol. The molecule has 1 N–H and O–H groups in total. The molecule has 168 valence electrons. The second-order valence-corrected chi connectivity index (χ2v) is 9.20. The Morgan fingerprint density at radius 1 is 1.12 bits per heavy atom. The Morgan fingerprint density at radius 3 is 2.59 bits per heavy atom. The molecule has 0 spiro atoms. The molecular weight excluding hydrogens is 443 g/mol. The van der Waals surface area contributed by atoms with Crippen molar-refractivity contribution >= 4 is 27.6 Å². The lowest BCUT2D eigenvalue weighted by atomic mass is 10.1. The summed E-state index contributed by atoms with van der Waals surface area (Å²) in [5.74, 6) is 1.57. The van der Waals surface area contributed by atoms with Gasteiger partial charge in [0.15, 0.2) is 0 Å². The highest BCUT2D eigenvalue weighted by Crippen LogP contribution is 2.30. The number of ether oxygens (including phenoxy) is 1. The smallest absolute Gasteiger partial charge is 0.417 e. The van der Waals surface area contributed by atoms with Crippen LogP contribution in [-0.4, -0.2) is 37.6 Å². The number of hydrogen-bond acceptors (Lipinski definition) is 5. The first-order valence-corrected chi connectivity index (χ1v) is 11.5. The maximum atomic E-state index is 12.6. The quantitative estimate of drug-likeness (QED) is 0.619. The summed E-state index contributed by atoms with van der Waals surface area (Å²) >= 11 is 0. The van der Waals surface area contributed by atoms with Crippen LogP contribution in [0.4, 0.5) is 13.2 Å². The fourth-order valence-corrected chi connectivity index (χ4v) is 4.72. The highest BCUT2D eigenvalue weighted by atomic mass is 32.2. The number of hydrogen-bond donors (Lipinski definition) is 1. The summed E-state index contributed by atoms with van der Waals surface area (Å²) in [6.45, 7) is 0. The van der Waals surface area contributed by atoms with Crippen LogP contribution in [-0.2, 0) is 28.2 Å². The van der Waals surface area contributed by atoms with E-state index < -0.39 is 22.5 Å². The summed E-state index contributed by atoms with van der Waals surface area (Å²) in [5.41, 5.74) is 0.436. The van der Waals surface area contributed by atoms with Crippen LogP contribution >= 0.6 is 0 Å². The zero-order valence-corrected chi connectivity index (χ0v) is 17.7. The molecule has 10 heteroatoms. The van der Waals surface area contributed by atoms with Crippen LogP contribution in [0.1, 0.15) is 24.1 Å². The summed E-state index contributed by atoms with van der Waals surface area (Å²) in [7, 11) is -0.772. The molecule has 2 aromatic heterocycles. The number of nitrogens with one attached hydrogen (secondary N) is 1. The van der Waals surface area contributed by atoms with E-state index in [4.69, 9.17) is 4.74 Å². The Labute approximate surface area is 184 Å². The molecule has 1 aliphatic rings. The molecule has 1 amide bonds. The minimum absolute atomic E-state index is 0.0464. The summed E-state index contributed by atoms with van der Waals surface area (Å²) in [4.78, 5) is 20.5. The van der Waals surface area contributed by atoms with Gasteiger partial charge in [0, 0.05) is 46.0 Å². The number of nitrogens with zero attached hydrogens (tertiary/aromatic N) is 2. The Balaban J connectivity index is 1.39. The highest BCUT2D eigenvalue weighted by Gasteiger charge is 2.30. The molecule has 1 fully saturated rings. The third-order valence-electron chi connectivity index (χ3n) is 5.10. The fraction of sp³-hybridized carbons (Fsp3) is 0.318. The molecule has 1 aromatic carbocycles. The molecule has 1 aliphatic heterocycles. The molecule has 0 unspecified atom stereocenters. The predicted molar refractivity (Wildman–Crippen MR) is 114 cm³/mol. The molecule has 0 atom stereocenters. The van der Waals surface area contributed by atoms with E-state index >= 15 is 0 Å². The molecule has 6 nitrogen and oxygen atoms in total. The normalized spacial score (nSPS) is 19.0. The number of carbonyl (C=O) groups excluding carboxylic acids is 1. The standard InChI is InChI=1S/C22H20F3N3O3S/c23-22(24,25)15-2-6-21(26-13-15)31-18-4-5-19-14(11-18)1-3-17(27-19)12-20(29)28-16-7-9-32(30)10-8-16/h1-6,11,13,16H,7-10,12H2,(H,28,29). The minimum atomic E-state index is -4.45. The first-order valence-electron chi connectivity index (χ1n) is 10.0. The molecule has 0 saturated carbocycles. The van der Waals surface area contributed by atoms with Gasteiger partial charge in [-0.1, -0.05) is 6.07 Å². The number of amides is 1. The van der Waals surface area contributed by atoms with Crippen LogP contribution < -0.4 is 10.1 Å². The number of benzene rings is 1. The lowest BCUT2D eigenvalue weighted by Gasteiger charge is -2.22. The van der Waals surface area contributed by atoms with Gasteiger partial charge in [-0.3, -0.25) is 14.0 Å². The van der Waals surface area contributed by atoms with Gasteiger partial charge in [-0.05, 0) is 43.2 Å². The van der Waals surface area contributed by atoms with Crippen molar-refractivity contribution in [3.63, 3.8) is 0 Å². The molecule has 0 bridgehead atoms. The van der Waals surface area contributed by atoms with Crippen molar-refractivity contribution in [2.75, 3.05) is 11.5 Å². The summed E-state index contributed by atoms with van der Waals surface area (Å²) in [5, 5.41) is 3.73. The zero-order chi connectivity index (χ0) is 22.7. The minimum Gasteiger partial charge on any atom is -0.439 e. The molecule has 0 aliphatic carbocycles. The number of aromatic nitrogens is 2. The van der Waals surface area contributed by atoms with Crippen molar-refractivity contribution in [1.29, 1.82) is 0 Å². The van der Waals surface area contributed by atoms with E-state index in [0.29, 0.717) is 28.5 Å². The number of carbonyl (C=O) groups is 1. The van der Waals surface area contributed by atoms with Crippen LogP contribution in [0.25, 0.3) is 10.9 Å². The van der Waals surface area contributed by atoms with E-state index in [2.05, 4.69) is 15.3 Å². The van der Waals surface area contributed by atoms with Crippen molar-refractivity contribution in [2.45, 2.75) is 31.5 Å². The van der Waals surface area contributed by atoms with Gasteiger partial charge in [0.05, 0.1) is 23.2 Å². The SMILES string of the molecule is O=C(Cc1ccc2cc(Oc3ccc(C(F)(F)F)cn3)ccc2n1)NC1CCS(=O)CC1. The van der Waals surface area contributed by atoms with E-state index in [1.807, 2.05) is 6.07 Å². The van der Waals surface area contributed by atoms with Gasteiger partial charge in [-0.25, -0.2) is 4.98 Å². The molecule has 3 aromatic rings. The Kier molecular flexibility index (Phi) is 6.40. The predicted octanol–water partition coefficient (Wildman–Crippen LogP) is 4.01. The summed E-state index contributed by atoms with van der Waals surface area (Å²) in [6, 6.07) is 10.7. The maximum absolute atomic E-state index is 12.6. The lowest BCUT2D eigenvalue weighted by Crippen LogP contribution is -2.40. The Bertz CT molecular complexity index is 1140. The lowest BCUT2D eigenvalue weighted by molar-refractivity contribution is -0.137. The first-order chi connectivity index (χ1) is 15.3. The van der Waals surface area contributed by atoms with Crippen molar-refractivity contribution in [3.8, 4) is 11.6 Å². The van der Waals surface area contributed by atoms with Crippen LogP contribution in [0.15, 0.2) is 48.7 Å². The average Bonchev–Trinajstić information content (AvgIpc) is 2.75. The molecule has 4 rings (SSSR count). The van der Waals surface area contributed by atoms with Gasteiger partial charge < -0.3 is 10.1 Å². The van der Waals surface area contributed by atoms with E-state index in [-0.39, 0.29) is 24.2 Å². The van der Waals surface area contributed by atoms with Crippen LogP contribution in [0, 0.1) is 0 Å². The number of halogens is 3. The molecule has 0 radical (unpaired) electrons. The van der Waals surface area contributed by atoms with Gasteiger partial charge in [0.1, 0.15) is 5.75 Å². The Hall–Kier alpha value is -3.01. The number of fused-ring (bicyclic) bond motifs is 1. The topological polar surface area (TPSA) is 81.2 Å². The van der Waals surface area contributed by atoms with Crippen LogP contribution in [0.2, 0.25) is 0 Å². The number of rotatable bonds is 5. The first kappa shape index (κ1) is 22.2. The largest absolute Gasteiger partial charge is 0.439 e. The van der Waals surface area contributed by atoms with E-state index in [1.165, 1.54) is 0 Å². The maximum Gasteiger partial charge on any atom is 0.417 e. The second kappa shape index (κ2) is 9.23. The third kappa shape index (κ3) is 5.61. The van der Waals surface area contributed by atoms with Gasteiger partial charge in [-0.2, -0.15) is 13.2 Å². The van der Waals surface area contributed by atoms with Crippen molar-refractivity contribution in [2.24, 2.45) is 0 Å². The van der Waals surface area contributed by atoms with Gasteiger partial charge in [0.2, 0.25) is 11.8 Å². The van der Waals surface area contributed by atoms with E-state index in [1.54, 1.807) is 24.3 Å². The van der Waals surface area contributed by atoms with Crippen molar-refractivity contribution < 1.29 is 26.9 Å². The molecule has 1 saturated heterocycles. The summed E-state index contributed by atoms with van der Waals surface area (Å²) in [6.07, 6.45) is -2.14.